The molecule has 88 valence electrons. The maximum atomic E-state index is 9.46. The van der Waals surface area contributed by atoms with Crippen LogP contribution in [0, 0.1) is 0 Å². The van der Waals surface area contributed by atoms with E-state index in [1.807, 2.05) is 12.1 Å². The molecule has 0 aromatic heterocycles. The lowest BCUT2D eigenvalue weighted by molar-refractivity contribution is 0.475. The average Bonchev–Trinajstić information content (AvgIpc) is 2.28. The van der Waals surface area contributed by atoms with Crippen LogP contribution in [0.15, 0.2) is 48.5 Å². The highest BCUT2D eigenvalue weighted by molar-refractivity contribution is 5.65. The smallest absolute Gasteiger partial charge is 0.116 e. The van der Waals surface area contributed by atoms with Crippen LogP contribution in [-0.4, -0.2) is 5.11 Å². The first-order valence-corrected chi connectivity index (χ1v) is 5.87. The summed E-state index contributed by atoms with van der Waals surface area (Å²) in [4.78, 5) is 0. The third-order valence-electron chi connectivity index (χ3n) is 2.93. The first-order valence-electron chi connectivity index (χ1n) is 5.87. The number of phenols is 1. The molecule has 1 N–H and O–H groups in total. The zero-order valence-electron chi connectivity index (χ0n) is 10.6. The van der Waals surface area contributed by atoms with Crippen LogP contribution in [0.2, 0.25) is 0 Å². The van der Waals surface area contributed by atoms with Crippen LogP contribution in [0.25, 0.3) is 11.1 Å². The molecule has 0 heterocycles. The number of phenolic OH excluding ortho intramolecular Hbond substituents is 1. The van der Waals surface area contributed by atoms with Gasteiger partial charge in [0.05, 0.1) is 0 Å². The summed E-state index contributed by atoms with van der Waals surface area (Å²) in [5.74, 6) is 0.308. The van der Waals surface area contributed by atoms with Crippen LogP contribution in [-0.2, 0) is 5.41 Å². The molecule has 0 radical (unpaired) electrons. The number of hydrogen-bond donors (Lipinski definition) is 1. The molecular formula is C16H18O. The van der Waals surface area contributed by atoms with E-state index in [1.165, 1.54) is 5.56 Å². The van der Waals surface area contributed by atoms with Gasteiger partial charge in [0.2, 0.25) is 0 Å². The van der Waals surface area contributed by atoms with Crippen molar-refractivity contribution >= 4 is 0 Å². The maximum Gasteiger partial charge on any atom is 0.116 e. The Labute approximate surface area is 103 Å². The molecule has 0 amide bonds. The number of rotatable bonds is 1. The summed E-state index contributed by atoms with van der Waals surface area (Å²) in [6.07, 6.45) is 0. The van der Waals surface area contributed by atoms with Gasteiger partial charge in [-0.2, -0.15) is 0 Å². The van der Waals surface area contributed by atoms with E-state index < -0.39 is 0 Å². The van der Waals surface area contributed by atoms with Gasteiger partial charge >= 0.3 is 0 Å². The second-order valence-corrected chi connectivity index (χ2v) is 5.38. The van der Waals surface area contributed by atoms with Gasteiger partial charge in [0, 0.05) is 0 Å². The van der Waals surface area contributed by atoms with Crippen LogP contribution in [0.5, 0.6) is 5.75 Å². The van der Waals surface area contributed by atoms with Gasteiger partial charge < -0.3 is 5.11 Å². The Bertz CT molecular complexity index is 504. The van der Waals surface area contributed by atoms with Crippen molar-refractivity contribution in [3.63, 3.8) is 0 Å². The minimum absolute atomic E-state index is 0.178. The zero-order chi connectivity index (χ0) is 12.5. The third kappa shape index (κ3) is 2.68. The van der Waals surface area contributed by atoms with Gasteiger partial charge in [0.25, 0.3) is 0 Å². The lowest BCUT2D eigenvalue weighted by atomic mass is 9.86. The Morgan fingerprint density at radius 1 is 0.824 bits per heavy atom. The van der Waals surface area contributed by atoms with Crippen molar-refractivity contribution in [2.75, 3.05) is 0 Å². The minimum Gasteiger partial charge on any atom is -0.508 e. The zero-order valence-corrected chi connectivity index (χ0v) is 10.6. The van der Waals surface area contributed by atoms with Crippen molar-refractivity contribution in [3.8, 4) is 16.9 Å². The van der Waals surface area contributed by atoms with Crippen LogP contribution >= 0.6 is 0 Å². The summed E-state index contributed by atoms with van der Waals surface area (Å²) in [6.45, 7) is 6.61. The SMILES string of the molecule is CC(C)(C)c1ccc(-c2cccc(O)c2)cc1. The Balaban J connectivity index is 2.36. The molecular weight excluding hydrogens is 208 g/mol. The molecule has 0 aliphatic carbocycles. The molecule has 0 aliphatic rings. The molecule has 0 bridgehead atoms. The van der Waals surface area contributed by atoms with Crippen molar-refractivity contribution < 1.29 is 5.11 Å². The van der Waals surface area contributed by atoms with E-state index in [-0.39, 0.29) is 5.41 Å². The average molecular weight is 226 g/mol. The highest BCUT2D eigenvalue weighted by Gasteiger charge is 2.12. The standard InChI is InChI=1S/C16H18O/c1-16(2,3)14-9-7-12(8-10-14)13-5-4-6-15(17)11-13/h4-11,17H,1-3H3. The van der Waals surface area contributed by atoms with E-state index in [0.29, 0.717) is 5.75 Å². The van der Waals surface area contributed by atoms with Crippen molar-refractivity contribution in [2.24, 2.45) is 0 Å². The second-order valence-electron chi connectivity index (χ2n) is 5.38. The van der Waals surface area contributed by atoms with Gasteiger partial charge in [-0.25, -0.2) is 0 Å². The molecule has 1 heteroatoms. The van der Waals surface area contributed by atoms with E-state index in [9.17, 15) is 5.11 Å². The monoisotopic (exact) mass is 226 g/mol. The van der Waals surface area contributed by atoms with Crippen molar-refractivity contribution in [2.45, 2.75) is 26.2 Å². The quantitative estimate of drug-likeness (QED) is 0.766. The summed E-state index contributed by atoms with van der Waals surface area (Å²) in [7, 11) is 0. The third-order valence-corrected chi connectivity index (χ3v) is 2.93. The summed E-state index contributed by atoms with van der Waals surface area (Å²) in [6, 6.07) is 15.9. The Morgan fingerprint density at radius 3 is 2.00 bits per heavy atom. The van der Waals surface area contributed by atoms with Gasteiger partial charge in [0.15, 0.2) is 0 Å². The highest BCUT2D eigenvalue weighted by atomic mass is 16.3. The normalized spacial score (nSPS) is 11.5. The molecule has 0 aliphatic heterocycles. The minimum atomic E-state index is 0.178. The molecule has 2 rings (SSSR count). The van der Waals surface area contributed by atoms with E-state index in [0.717, 1.165) is 11.1 Å². The first-order chi connectivity index (χ1) is 7.97. The van der Waals surface area contributed by atoms with Crippen molar-refractivity contribution in [1.82, 2.24) is 0 Å². The van der Waals surface area contributed by atoms with Gasteiger partial charge in [-0.1, -0.05) is 57.2 Å². The highest BCUT2D eigenvalue weighted by Crippen LogP contribution is 2.27. The van der Waals surface area contributed by atoms with Gasteiger partial charge in [0.1, 0.15) is 5.75 Å². The molecule has 0 saturated carbocycles. The Morgan fingerprint density at radius 2 is 1.47 bits per heavy atom. The molecule has 0 atom stereocenters. The van der Waals surface area contributed by atoms with Crippen LogP contribution in [0.4, 0.5) is 0 Å². The van der Waals surface area contributed by atoms with E-state index in [4.69, 9.17) is 0 Å². The molecule has 0 fully saturated rings. The van der Waals surface area contributed by atoms with E-state index >= 15 is 0 Å². The maximum absolute atomic E-state index is 9.46. The van der Waals surface area contributed by atoms with E-state index in [2.05, 4.69) is 45.0 Å². The summed E-state index contributed by atoms with van der Waals surface area (Å²) in [5, 5.41) is 9.46. The summed E-state index contributed by atoms with van der Waals surface area (Å²) >= 11 is 0. The molecule has 0 unspecified atom stereocenters. The largest absolute Gasteiger partial charge is 0.508 e. The molecule has 17 heavy (non-hydrogen) atoms. The molecule has 2 aromatic carbocycles. The van der Waals surface area contributed by atoms with Crippen LogP contribution in [0.3, 0.4) is 0 Å². The molecule has 0 spiro atoms. The predicted octanol–water partition coefficient (Wildman–Crippen LogP) is 4.36. The van der Waals surface area contributed by atoms with Gasteiger partial charge in [-0.3, -0.25) is 0 Å². The lowest BCUT2D eigenvalue weighted by Gasteiger charge is -2.19. The second kappa shape index (κ2) is 4.25. The van der Waals surface area contributed by atoms with Gasteiger partial charge in [-0.05, 0) is 34.2 Å². The lowest BCUT2D eigenvalue weighted by Crippen LogP contribution is -2.10. The Kier molecular flexibility index (Phi) is 2.93. The van der Waals surface area contributed by atoms with Crippen molar-refractivity contribution in [1.29, 1.82) is 0 Å². The number of aromatic hydroxyl groups is 1. The van der Waals surface area contributed by atoms with Crippen LogP contribution in [0.1, 0.15) is 26.3 Å². The predicted molar refractivity (Wildman–Crippen MR) is 72.2 cm³/mol. The van der Waals surface area contributed by atoms with Crippen LogP contribution < -0.4 is 0 Å². The van der Waals surface area contributed by atoms with E-state index in [1.54, 1.807) is 12.1 Å². The van der Waals surface area contributed by atoms with Gasteiger partial charge in [-0.15, -0.1) is 0 Å². The van der Waals surface area contributed by atoms with Crippen molar-refractivity contribution in [3.05, 3.63) is 54.1 Å². The summed E-state index contributed by atoms with van der Waals surface area (Å²) < 4.78 is 0. The molecule has 1 nitrogen and oxygen atoms in total. The fraction of sp³-hybridized carbons (Fsp3) is 0.250. The Hall–Kier alpha value is -1.76. The molecule has 0 saturated heterocycles. The fourth-order valence-electron chi connectivity index (χ4n) is 1.85. The first kappa shape index (κ1) is 11.7. The summed E-state index contributed by atoms with van der Waals surface area (Å²) in [5.41, 5.74) is 3.68. The topological polar surface area (TPSA) is 20.2 Å². The molecule has 2 aromatic rings. The number of benzene rings is 2. The number of hydrogen-bond acceptors (Lipinski definition) is 1. The fourth-order valence-corrected chi connectivity index (χ4v) is 1.85.